The van der Waals surface area contributed by atoms with Gasteiger partial charge in [-0.05, 0) is 43.2 Å². The summed E-state index contributed by atoms with van der Waals surface area (Å²) in [6.45, 7) is 3.92. The largest absolute Gasteiger partial charge is 0.304 e. The maximum absolute atomic E-state index is 13.6. The van der Waals surface area contributed by atoms with E-state index >= 15 is 0 Å². The van der Waals surface area contributed by atoms with E-state index in [9.17, 15) is 4.39 Å². The molecule has 0 aliphatic carbocycles. The van der Waals surface area contributed by atoms with Crippen molar-refractivity contribution < 1.29 is 4.39 Å². The van der Waals surface area contributed by atoms with Gasteiger partial charge in [0.15, 0.2) is 0 Å². The van der Waals surface area contributed by atoms with E-state index in [4.69, 9.17) is 34.8 Å². The van der Waals surface area contributed by atoms with Crippen molar-refractivity contribution in [2.24, 2.45) is 0 Å². The maximum atomic E-state index is 13.6. The molecule has 5 heteroatoms. The third-order valence-corrected chi connectivity index (χ3v) is 4.34. The van der Waals surface area contributed by atoms with Crippen LogP contribution in [0.25, 0.3) is 0 Å². The average molecular weight is 347 g/mol. The Morgan fingerprint density at radius 1 is 0.857 bits per heavy atom. The molecule has 0 fully saturated rings. The Morgan fingerprint density at radius 3 is 2.14 bits per heavy atom. The Morgan fingerprint density at radius 2 is 1.48 bits per heavy atom. The van der Waals surface area contributed by atoms with Crippen molar-refractivity contribution in [3.63, 3.8) is 0 Å². The fourth-order valence-electron chi connectivity index (χ4n) is 2.25. The molecule has 2 atom stereocenters. The molecule has 0 aliphatic heterocycles. The Bertz CT molecular complexity index is 645. The van der Waals surface area contributed by atoms with Crippen molar-refractivity contribution in [2.45, 2.75) is 25.9 Å². The maximum Gasteiger partial charge on any atom is 0.142 e. The summed E-state index contributed by atoms with van der Waals surface area (Å²) in [6, 6.07) is 10.3. The molecule has 2 aromatic carbocycles. The van der Waals surface area contributed by atoms with E-state index < -0.39 is 5.82 Å². The molecule has 21 heavy (non-hydrogen) atoms. The minimum atomic E-state index is -0.477. The molecule has 2 rings (SSSR count). The van der Waals surface area contributed by atoms with Gasteiger partial charge in [0.05, 0.1) is 5.02 Å². The molecule has 0 spiro atoms. The molecular formula is C16H15Cl3FN. The van der Waals surface area contributed by atoms with Gasteiger partial charge in [-0.1, -0.05) is 53.0 Å². The minimum absolute atomic E-state index is 0.00325. The highest BCUT2D eigenvalue weighted by molar-refractivity contribution is 6.35. The number of nitrogens with one attached hydrogen (secondary N) is 1. The van der Waals surface area contributed by atoms with Crippen molar-refractivity contribution in [1.82, 2.24) is 5.32 Å². The van der Waals surface area contributed by atoms with E-state index in [2.05, 4.69) is 5.32 Å². The number of rotatable bonds is 4. The Kier molecular flexibility index (Phi) is 5.50. The van der Waals surface area contributed by atoms with E-state index in [0.717, 1.165) is 5.56 Å². The SMILES string of the molecule is CC(NC(C)c1cc(F)c(Cl)cc1Cl)c1ccccc1Cl. The lowest BCUT2D eigenvalue weighted by Crippen LogP contribution is -2.23. The normalized spacial score (nSPS) is 14.0. The molecule has 0 radical (unpaired) electrons. The first-order valence-corrected chi connectivity index (χ1v) is 7.68. The monoisotopic (exact) mass is 345 g/mol. The van der Waals surface area contributed by atoms with Gasteiger partial charge < -0.3 is 5.32 Å². The zero-order valence-electron chi connectivity index (χ0n) is 11.6. The molecule has 112 valence electrons. The third-order valence-electron chi connectivity index (χ3n) is 3.38. The van der Waals surface area contributed by atoms with Gasteiger partial charge in [-0.3, -0.25) is 0 Å². The highest BCUT2D eigenvalue weighted by Gasteiger charge is 2.17. The summed E-state index contributed by atoms with van der Waals surface area (Å²) in [4.78, 5) is 0. The molecule has 0 bridgehead atoms. The Balaban J connectivity index is 2.20. The summed E-state index contributed by atoms with van der Waals surface area (Å²) in [6.07, 6.45) is 0. The van der Waals surface area contributed by atoms with Crippen LogP contribution in [0.1, 0.15) is 37.1 Å². The summed E-state index contributed by atoms with van der Waals surface area (Å²) in [5, 5.41) is 4.52. The summed E-state index contributed by atoms with van der Waals surface area (Å²) >= 11 is 18.0. The highest BCUT2D eigenvalue weighted by atomic mass is 35.5. The zero-order valence-corrected chi connectivity index (χ0v) is 13.9. The lowest BCUT2D eigenvalue weighted by molar-refractivity contribution is 0.492. The van der Waals surface area contributed by atoms with Crippen LogP contribution in [0.3, 0.4) is 0 Å². The van der Waals surface area contributed by atoms with Crippen molar-refractivity contribution in [2.75, 3.05) is 0 Å². The van der Waals surface area contributed by atoms with E-state index in [-0.39, 0.29) is 17.1 Å². The molecule has 0 aliphatic rings. The van der Waals surface area contributed by atoms with E-state index in [1.807, 2.05) is 38.1 Å². The first-order chi connectivity index (χ1) is 9.90. The number of hydrogen-bond donors (Lipinski definition) is 1. The molecule has 1 N–H and O–H groups in total. The predicted molar refractivity (Wildman–Crippen MR) is 87.8 cm³/mol. The summed E-state index contributed by atoms with van der Waals surface area (Å²) in [5.41, 5.74) is 1.65. The van der Waals surface area contributed by atoms with Crippen molar-refractivity contribution in [3.05, 3.63) is 68.4 Å². The second-order valence-electron chi connectivity index (χ2n) is 4.92. The van der Waals surface area contributed by atoms with Crippen LogP contribution in [0.15, 0.2) is 36.4 Å². The first-order valence-electron chi connectivity index (χ1n) is 6.55. The minimum Gasteiger partial charge on any atom is -0.304 e. The standard InChI is InChI=1S/C16H15Cl3FN/c1-9(11-5-3-4-6-13(11)17)21-10(2)12-7-16(20)15(19)8-14(12)18/h3-10,21H,1-2H3. The predicted octanol–water partition coefficient (Wildman–Crippen LogP) is 6.20. The number of benzene rings is 2. The zero-order chi connectivity index (χ0) is 15.6. The van der Waals surface area contributed by atoms with Crippen LogP contribution < -0.4 is 5.32 Å². The molecule has 2 aromatic rings. The number of hydrogen-bond acceptors (Lipinski definition) is 1. The quantitative estimate of drug-likeness (QED) is 0.650. The Hall–Kier alpha value is -0.800. The summed E-state index contributed by atoms with van der Waals surface area (Å²) in [5.74, 6) is -0.477. The smallest absolute Gasteiger partial charge is 0.142 e. The lowest BCUT2D eigenvalue weighted by Gasteiger charge is -2.22. The van der Waals surface area contributed by atoms with Gasteiger partial charge in [-0.25, -0.2) is 4.39 Å². The Labute approximate surface area is 139 Å². The van der Waals surface area contributed by atoms with Crippen LogP contribution in [0.2, 0.25) is 15.1 Å². The van der Waals surface area contributed by atoms with Crippen LogP contribution in [-0.2, 0) is 0 Å². The molecule has 0 heterocycles. The van der Waals surface area contributed by atoms with Gasteiger partial charge >= 0.3 is 0 Å². The van der Waals surface area contributed by atoms with Crippen LogP contribution in [0.5, 0.6) is 0 Å². The molecular weight excluding hydrogens is 332 g/mol. The van der Waals surface area contributed by atoms with Crippen LogP contribution in [0.4, 0.5) is 4.39 Å². The van der Waals surface area contributed by atoms with Gasteiger partial charge in [0.1, 0.15) is 5.82 Å². The second-order valence-corrected chi connectivity index (χ2v) is 6.14. The van der Waals surface area contributed by atoms with E-state index in [1.165, 1.54) is 12.1 Å². The topological polar surface area (TPSA) is 12.0 Å². The highest BCUT2D eigenvalue weighted by Crippen LogP contribution is 2.31. The van der Waals surface area contributed by atoms with Gasteiger partial charge in [-0.15, -0.1) is 0 Å². The van der Waals surface area contributed by atoms with Crippen molar-refractivity contribution in [3.8, 4) is 0 Å². The average Bonchev–Trinajstić information content (AvgIpc) is 2.43. The summed E-state index contributed by atoms with van der Waals surface area (Å²) in [7, 11) is 0. The first kappa shape index (κ1) is 16.6. The van der Waals surface area contributed by atoms with Crippen LogP contribution >= 0.6 is 34.8 Å². The molecule has 0 amide bonds. The summed E-state index contributed by atoms with van der Waals surface area (Å²) < 4.78 is 13.6. The molecule has 1 nitrogen and oxygen atoms in total. The molecule has 0 saturated carbocycles. The van der Waals surface area contributed by atoms with Crippen LogP contribution in [0, 0.1) is 5.82 Å². The van der Waals surface area contributed by atoms with Gasteiger partial charge in [0.2, 0.25) is 0 Å². The van der Waals surface area contributed by atoms with Crippen molar-refractivity contribution in [1.29, 1.82) is 0 Å². The molecule has 2 unspecified atom stereocenters. The fourth-order valence-corrected chi connectivity index (χ4v) is 3.10. The van der Waals surface area contributed by atoms with Gasteiger partial charge in [-0.2, -0.15) is 0 Å². The number of halogens is 4. The molecule has 0 aromatic heterocycles. The third kappa shape index (κ3) is 3.89. The van der Waals surface area contributed by atoms with E-state index in [1.54, 1.807) is 0 Å². The van der Waals surface area contributed by atoms with Gasteiger partial charge in [0, 0.05) is 22.1 Å². The molecule has 0 saturated heterocycles. The second kappa shape index (κ2) is 6.97. The fraction of sp³-hybridized carbons (Fsp3) is 0.250. The lowest BCUT2D eigenvalue weighted by atomic mass is 10.0. The van der Waals surface area contributed by atoms with Crippen molar-refractivity contribution >= 4 is 34.8 Å². The van der Waals surface area contributed by atoms with Crippen LogP contribution in [-0.4, -0.2) is 0 Å². The van der Waals surface area contributed by atoms with Gasteiger partial charge in [0.25, 0.3) is 0 Å². The van der Waals surface area contributed by atoms with E-state index in [0.29, 0.717) is 15.6 Å².